The molecule has 0 fully saturated rings. The Morgan fingerprint density at radius 1 is 1.26 bits per heavy atom. The molecule has 138 valence electrons. The maximum atomic E-state index is 5.67. The van der Waals surface area contributed by atoms with Crippen molar-refractivity contribution in [2.24, 2.45) is 7.05 Å². The molecule has 0 atom stereocenters. The quantitative estimate of drug-likeness (QED) is 0.485. The molecule has 0 bridgehead atoms. The molecule has 0 spiro atoms. The number of rotatable bonds is 5. The van der Waals surface area contributed by atoms with Crippen LogP contribution in [0.25, 0.3) is 21.3 Å². The van der Waals surface area contributed by atoms with E-state index in [-0.39, 0.29) is 0 Å². The predicted molar refractivity (Wildman–Crippen MR) is 112 cm³/mol. The van der Waals surface area contributed by atoms with Crippen molar-refractivity contribution in [1.82, 2.24) is 19.7 Å². The van der Waals surface area contributed by atoms with Crippen LogP contribution in [0.4, 0.5) is 11.6 Å². The molecule has 0 aliphatic heterocycles. The summed E-state index contributed by atoms with van der Waals surface area (Å²) in [6.07, 6.45) is 7.56. The Morgan fingerprint density at radius 3 is 2.81 bits per heavy atom. The number of methoxy groups -OCH3 is 1. The van der Waals surface area contributed by atoms with Gasteiger partial charge >= 0.3 is 0 Å². The van der Waals surface area contributed by atoms with Gasteiger partial charge in [0.2, 0.25) is 5.95 Å². The number of nitrogens with one attached hydrogen (secondary N) is 1. The van der Waals surface area contributed by atoms with E-state index in [1.54, 1.807) is 41.1 Å². The van der Waals surface area contributed by atoms with Crippen LogP contribution in [-0.4, -0.2) is 33.1 Å². The van der Waals surface area contributed by atoms with Crippen molar-refractivity contribution in [2.75, 3.05) is 18.7 Å². The average molecular weight is 398 g/mol. The monoisotopic (exact) mass is 397 g/mol. The SMILES string of the molecule is COc1cc(SC)ccc1-c1c(C)sc2cnc(Nc3cnn(C)c3)nc12. The highest BCUT2D eigenvalue weighted by Gasteiger charge is 2.18. The van der Waals surface area contributed by atoms with Gasteiger partial charge in [-0.2, -0.15) is 5.10 Å². The standard InChI is InChI=1S/C19H19N5OS2/c1-11-17(14-6-5-13(26-4)7-15(14)25-3)18-16(27-11)9-20-19(23-18)22-12-8-21-24(2)10-12/h5-10H,1-4H3,(H,20,22,23). The summed E-state index contributed by atoms with van der Waals surface area (Å²) in [5, 5.41) is 7.38. The summed E-state index contributed by atoms with van der Waals surface area (Å²) in [7, 11) is 3.58. The zero-order valence-corrected chi connectivity index (χ0v) is 17.1. The molecule has 0 saturated carbocycles. The molecule has 3 heterocycles. The lowest BCUT2D eigenvalue weighted by atomic mass is 10.0. The van der Waals surface area contributed by atoms with Crippen LogP contribution < -0.4 is 10.1 Å². The van der Waals surface area contributed by atoms with Crippen LogP contribution >= 0.6 is 23.1 Å². The van der Waals surface area contributed by atoms with Crippen molar-refractivity contribution >= 4 is 45.0 Å². The minimum Gasteiger partial charge on any atom is -0.496 e. The molecular formula is C19H19N5OS2. The van der Waals surface area contributed by atoms with Crippen molar-refractivity contribution in [1.29, 1.82) is 0 Å². The van der Waals surface area contributed by atoms with Crippen molar-refractivity contribution < 1.29 is 4.74 Å². The first-order valence-corrected chi connectivity index (χ1v) is 10.4. The zero-order valence-electron chi connectivity index (χ0n) is 15.5. The van der Waals surface area contributed by atoms with Crippen LogP contribution in [0.1, 0.15) is 4.88 Å². The highest BCUT2D eigenvalue weighted by molar-refractivity contribution is 7.98. The summed E-state index contributed by atoms with van der Waals surface area (Å²) in [5.41, 5.74) is 3.92. The average Bonchev–Trinajstić information content (AvgIpc) is 3.22. The minimum absolute atomic E-state index is 0.550. The largest absolute Gasteiger partial charge is 0.496 e. The molecule has 4 rings (SSSR count). The summed E-state index contributed by atoms with van der Waals surface area (Å²) in [6.45, 7) is 2.11. The van der Waals surface area contributed by atoms with E-state index in [9.17, 15) is 0 Å². The van der Waals surface area contributed by atoms with Gasteiger partial charge < -0.3 is 10.1 Å². The molecule has 0 aliphatic rings. The van der Waals surface area contributed by atoms with Crippen LogP contribution in [0.2, 0.25) is 0 Å². The van der Waals surface area contributed by atoms with Crippen LogP contribution in [0.15, 0.2) is 41.7 Å². The van der Waals surface area contributed by atoms with Crippen molar-refractivity contribution in [3.8, 4) is 16.9 Å². The molecule has 6 nitrogen and oxygen atoms in total. The third-order valence-corrected chi connectivity index (χ3v) is 6.00. The highest BCUT2D eigenvalue weighted by atomic mass is 32.2. The maximum absolute atomic E-state index is 5.67. The first-order valence-electron chi connectivity index (χ1n) is 8.33. The first-order chi connectivity index (χ1) is 13.1. The van der Waals surface area contributed by atoms with E-state index in [4.69, 9.17) is 9.72 Å². The van der Waals surface area contributed by atoms with Crippen molar-refractivity contribution in [3.05, 3.63) is 41.7 Å². The number of hydrogen-bond donors (Lipinski definition) is 1. The lowest BCUT2D eigenvalue weighted by Gasteiger charge is -2.10. The fourth-order valence-corrected chi connectivity index (χ4v) is 4.42. The second-order valence-corrected chi connectivity index (χ2v) is 8.17. The number of aromatic nitrogens is 4. The van der Waals surface area contributed by atoms with Crippen LogP contribution in [0, 0.1) is 6.92 Å². The number of anilines is 2. The molecule has 0 radical (unpaired) electrons. The fourth-order valence-electron chi connectivity index (χ4n) is 3.00. The summed E-state index contributed by atoms with van der Waals surface area (Å²) < 4.78 is 8.45. The number of benzene rings is 1. The fraction of sp³-hybridized carbons (Fsp3) is 0.211. The molecule has 0 amide bonds. The topological polar surface area (TPSA) is 64.9 Å². The predicted octanol–water partition coefficient (Wildman–Crippen LogP) is 4.87. The Morgan fingerprint density at radius 2 is 2.11 bits per heavy atom. The Labute approximate surface area is 165 Å². The number of ether oxygens (including phenoxy) is 1. The Kier molecular flexibility index (Phi) is 4.75. The summed E-state index contributed by atoms with van der Waals surface area (Å²) >= 11 is 3.39. The van der Waals surface area contributed by atoms with Crippen molar-refractivity contribution in [2.45, 2.75) is 11.8 Å². The van der Waals surface area contributed by atoms with Gasteiger partial charge in [0.05, 0.1) is 35.4 Å². The van der Waals surface area contributed by atoms with Gasteiger partial charge in [0, 0.05) is 34.1 Å². The first kappa shape index (κ1) is 17.8. The van der Waals surface area contributed by atoms with Crippen LogP contribution in [0.5, 0.6) is 5.75 Å². The lowest BCUT2D eigenvalue weighted by molar-refractivity contribution is 0.415. The Bertz CT molecular complexity index is 1120. The van der Waals surface area contributed by atoms with Crippen molar-refractivity contribution in [3.63, 3.8) is 0 Å². The Balaban J connectivity index is 1.83. The minimum atomic E-state index is 0.550. The van der Waals surface area contributed by atoms with Gasteiger partial charge in [-0.05, 0) is 31.4 Å². The van der Waals surface area contributed by atoms with Gasteiger partial charge in [0.15, 0.2) is 0 Å². The lowest BCUT2D eigenvalue weighted by Crippen LogP contribution is -1.96. The number of aryl methyl sites for hydroxylation is 2. The molecule has 0 saturated heterocycles. The zero-order chi connectivity index (χ0) is 19.0. The van der Waals surface area contributed by atoms with Gasteiger partial charge in [-0.1, -0.05) is 0 Å². The molecule has 4 aromatic rings. The third kappa shape index (κ3) is 3.38. The molecule has 1 N–H and O–H groups in total. The van der Waals surface area contributed by atoms with Gasteiger partial charge in [-0.25, -0.2) is 9.97 Å². The van der Waals surface area contributed by atoms with Crippen LogP contribution in [-0.2, 0) is 7.05 Å². The number of thioether (sulfide) groups is 1. The molecule has 27 heavy (non-hydrogen) atoms. The van der Waals surface area contributed by atoms with Crippen LogP contribution in [0.3, 0.4) is 0 Å². The van der Waals surface area contributed by atoms with E-state index < -0.39 is 0 Å². The van der Waals surface area contributed by atoms with E-state index in [2.05, 4.69) is 46.8 Å². The van der Waals surface area contributed by atoms with E-state index in [1.165, 1.54) is 9.77 Å². The molecule has 8 heteroatoms. The molecule has 3 aromatic heterocycles. The molecular weight excluding hydrogens is 378 g/mol. The summed E-state index contributed by atoms with van der Waals surface area (Å²) in [6, 6.07) is 6.29. The third-order valence-electron chi connectivity index (χ3n) is 4.25. The van der Waals surface area contributed by atoms with Gasteiger partial charge in [0.1, 0.15) is 5.75 Å². The van der Waals surface area contributed by atoms with E-state index in [0.29, 0.717) is 5.95 Å². The normalized spacial score (nSPS) is 11.1. The van der Waals surface area contributed by atoms with Gasteiger partial charge in [-0.3, -0.25) is 4.68 Å². The Hall–Kier alpha value is -2.58. The highest BCUT2D eigenvalue weighted by Crippen LogP contribution is 2.42. The number of hydrogen-bond acceptors (Lipinski definition) is 7. The second kappa shape index (κ2) is 7.21. The van der Waals surface area contributed by atoms with Gasteiger partial charge in [-0.15, -0.1) is 23.1 Å². The second-order valence-electron chi connectivity index (χ2n) is 6.03. The number of fused-ring (bicyclic) bond motifs is 1. The van der Waals surface area contributed by atoms with E-state index in [1.807, 2.05) is 19.4 Å². The van der Waals surface area contributed by atoms with E-state index >= 15 is 0 Å². The molecule has 0 unspecified atom stereocenters. The molecule has 1 aromatic carbocycles. The summed E-state index contributed by atoms with van der Waals surface area (Å²) in [5.74, 6) is 1.40. The van der Waals surface area contributed by atoms with E-state index in [0.717, 1.165) is 32.8 Å². The summed E-state index contributed by atoms with van der Waals surface area (Å²) in [4.78, 5) is 11.6. The number of thiophene rings is 1. The number of nitrogens with zero attached hydrogens (tertiary/aromatic N) is 4. The smallest absolute Gasteiger partial charge is 0.227 e. The molecule has 0 aliphatic carbocycles. The maximum Gasteiger partial charge on any atom is 0.227 e. The van der Waals surface area contributed by atoms with Gasteiger partial charge in [0.25, 0.3) is 0 Å².